The summed E-state index contributed by atoms with van der Waals surface area (Å²) in [5, 5.41) is 10.7. The maximum atomic E-state index is 3.79. The molecular weight excluding hydrogens is 200 g/mol. The Kier molecular flexibility index (Phi) is 3.43. The fourth-order valence-corrected chi connectivity index (χ4v) is 3.29. The van der Waals surface area contributed by atoms with E-state index in [1.165, 1.54) is 45.4 Å². The van der Waals surface area contributed by atoms with Crippen LogP contribution in [-0.2, 0) is 0 Å². The minimum absolute atomic E-state index is 0.682. The van der Waals surface area contributed by atoms with Crippen molar-refractivity contribution in [1.82, 2.24) is 20.9 Å². The maximum Gasteiger partial charge on any atom is 0.0615 e. The van der Waals surface area contributed by atoms with Crippen LogP contribution in [-0.4, -0.2) is 56.4 Å². The van der Waals surface area contributed by atoms with Gasteiger partial charge in [-0.05, 0) is 38.3 Å². The summed E-state index contributed by atoms with van der Waals surface area (Å²) < 4.78 is 0. The standard InChI is InChI=1S/C12H24N4/c1-3-13-4-2-10(1)11-9-12(15-11)16-7-5-14-6-8-16/h10-15H,1-9H2. The average Bonchev–Trinajstić information content (AvgIpc) is 2.30. The van der Waals surface area contributed by atoms with E-state index in [1.54, 1.807) is 0 Å². The van der Waals surface area contributed by atoms with Crippen LogP contribution in [0.1, 0.15) is 19.3 Å². The van der Waals surface area contributed by atoms with Gasteiger partial charge < -0.3 is 10.6 Å². The highest BCUT2D eigenvalue weighted by atomic mass is 15.3. The lowest BCUT2D eigenvalue weighted by atomic mass is 9.83. The number of nitrogens with zero attached hydrogens (tertiary/aromatic N) is 1. The molecule has 2 unspecified atom stereocenters. The second kappa shape index (κ2) is 5.00. The minimum Gasteiger partial charge on any atom is -0.317 e. The average molecular weight is 224 g/mol. The molecule has 3 saturated heterocycles. The molecule has 0 aliphatic carbocycles. The van der Waals surface area contributed by atoms with Crippen LogP contribution in [0.25, 0.3) is 0 Å². The van der Waals surface area contributed by atoms with E-state index in [1.807, 2.05) is 0 Å². The molecule has 0 spiro atoms. The lowest BCUT2D eigenvalue weighted by molar-refractivity contribution is 0.0325. The molecule has 0 saturated carbocycles. The third kappa shape index (κ3) is 2.25. The van der Waals surface area contributed by atoms with E-state index < -0.39 is 0 Å². The fourth-order valence-electron chi connectivity index (χ4n) is 3.29. The van der Waals surface area contributed by atoms with Crippen LogP contribution >= 0.6 is 0 Å². The molecule has 3 N–H and O–H groups in total. The van der Waals surface area contributed by atoms with Crippen molar-refractivity contribution in [1.29, 1.82) is 0 Å². The molecule has 0 aromatic carbocycles. The molecule has 3 rings (SSSR count). The number of piperidine rings is 1. The van der Waals surface area contributed by atoms with Gasteiger partial charge in [0.05, 0.1) is 6.17 Å². The Labute approximate surface area is 98.1 Å². The first-order valence-corrected chi connectivity index (χ1v) is 6.85. The molecule has 0 aromatic rings. The maximum absolute atomic E-state index is 3.79. The van der Waals surface area contributed by atoms with Crippen LogP contribution < -0.4 is 16.0 Å². The molecule has 0 amide bonds. The van der Waals surface area contributed by atoms with Crippen molar-refractivity contribution >= 4 is 0 Å². The van der Waals surface area contributed by atoms with Crippen LogP contribution in [0.4, 0.5) is 0 Å². The summed E-state index contributed by atoms with van der Waals surface area (Å²) in [7, 11) is 0. The van der Waals surface area contributed by atoms with E-state index in [9.17, 15) is 0 Å². The molecular formula is C12H24N4. The van der Waals surface area contributed by atoms with Gasteiger partial charge in [0.15, 0.2) is 0 Å². The van der Waals surface area contributed by atoms with Gasteiger partial charge in [-0.25, -0.2) is 0 Å². The summed E-state index contributed by atoms with van der Waals surface area (Å²) in [5.41, 5.74) is 0. The first kappa shape index (κ1) is 11.0. The number of nitrogens with one attached hydrogen (secondary N) is 3. The largest absolute Gasteiger partial charge is 0.317 e. The van der Waals surface area contributed by atoms with Gasteiger partial charge in [-0.3, -0.25) is 10.2 Å². The molecule has 3 fully saturated rings. The normalized spacial score (nSPS) is 38.2. The van der Waals surface area contributed by atoms with Gasteiger partial charge in [0.1, 0.15) is 0 Å². The fraction of sp³-hybridized carbons (Fsp3) is 1.00. The smallest absolute Gasteiger partial charge is 0.0615 e. The number of piperazine rings is 1. The number of hydrogen-bond acceptors (Lipinski definition) is 4. The van der Waals surface area contributed by atoms with Crippen molar-refractivity contribution in [2.75, 3.05) is 39.3 Å². The van der Waals surface area contributed by atoms with Crippen LogP contribution in [0.2, 0.25) is 0 Å². The summed E-state index contributed by atoms with van der Waals surface area (Å²) in [5.74, 6) is 0.931. The summed E-state index contributed by atoms with van der Waals surface area (Å²) in [6.45, 7) is 7.21. The Bertz CT molecular complexity index is 193. The van der Waals surface area contributed by atoms with Gasteiger partial charge in [-0.15, -0.1) is 0 Å². The Morgan fingerprint density at radius 1 is 0.875 bits per heavy atom. The first-order chi connectivity index (χ1) is 7.93. The van der Waals surface area contributed by atoms with Gasteiger partial charge in [0.25, 0.3) is 0 Å². The molecule has 0 aromatic heterocycles. The quantitative estimate of drug-likeness (QED) is 0.596. The van der Waals surface area contributed by atoms with Gasteiger partial charge >= 0.3 is 0 Å². The summed E-state index contributed by atoms with van der Waals surface area (Å²) >= 11 is 0. The van der Waals surface area contributed by atoms with Gasteiger partial charge in [0, 0.05) is 32.2 Å². The van der Waals surface area contributed by atoms with Crippen LogP contribution in [0.3, 0.4) is 0 Å². The van der Waals surface area contributed by atoms with Crippen molar-refractivity contribution in [3.05, 3.63) is 0 Å². The van der Waals surface area contributed by atoms with Crippen LogP contribution in [0, 0.1) is 5.92 Å². The second-order valence-corrected chi connectivity index (χ2v) is 5.40. The Morgan fingerprint density at radius 3 is 2.19 bits per heavy atom. The predicted molar refractivity (Wildman–Crippen MR) is 65.4 cm³/mol. The van der Waals surface area contributed by atoms with Gasteiger partial charge in [0.2, 0.25) is 0 Å². The van der Waals surface area contributed by atoms with E-state index in [2.05, 4.69) is 20.9 Å². The van der Waals surface area contributed by atoms with E-state index in [-0.39, 0.29) is 0 Å². The van der Waals surface area contributed by atoms with Crippen LogP contribution in [0.15, 0.2) is 0 Å². The second-order valence-electron chi connectivity index (χ2n) is 5.40. The third-order valence-corrected chi connectivity index (χ3v) is 4.43. The van der Waals surface area contributed by atoms with Crippen LogP contribution in [0.5, 0.6) is 0 Å². The molecule has 0 bridgehead atoms. The van der Waals surface area contributed by atoms with Gasteiger partial charge in [-0.2, -0.15) is 0 Å². The molecule has 16 heavy (non-hydrogen) atoms. The summed E-state index contributed by atoms with van der Waals surface area (Å²) in [6, 6.07) is 0.807. The topological polar surface area (TPSA) is 39.3 Å². The third-order valence-electron chi connectivity index (χ3n) is 4.43. The zero-order chi connectivity index (χ0) is 10.8. The lowest BCUT2D eigenvalue weighted by Crippen LogP contribution is -2.66. The lowest BCUT2D eigenvalue weighted by Gasteiger charge is -2.49. The zero-order valence-corrected chi connectivity index (χ0v) is 10.0. The molecule has 3 heterocycles. The van der Waals surface area contributed by atoms with Crippen molar-refractivity contribution in [2.45, 2.75) is 31.5 Å². The van der Waals surface area contributed by atoms with Crippen molar-refractivity contribution in [3.8, 4) is 0 Å². The molecule has 4 nitrogen and oxygen atoms in total. The Hall–Kier alpha value is -0.160. The van der Waals surface area contributed by atoms with Crippen molar-refractivity contribution in [2.24, 2.45) is 5.92 Å². The van der Waals surface area contributed by atoms with E-state index in [4.69, 9.17) is 0 Å². The van der Waals surface area contributed by atoms with E-state index in [0.29, 0.717) is 6.17 Å². The summed E-state index contributed by atoms with van der Waals surface area (Å²) in [6.07, 6.45) is 4.80. The minimum atomic E-state index is 0.682. The highest BCUT2D eigenvalue weighted by molar-refractivity contribution is 4.94. The number of rotatable bonds is 2. The first-order valence-electron chi connectivity index (χ1n) is 6.85. The van der Waals surface area contributed by atoms with E-state index >= 15 is 0 Å². The summed E-state index contributed by atoms with van der Waals surface area (Å²) in [4.78, 5) is 2.61. The molecule has 92 valence electrons. The molecule has 3 aliphatic heterocycles. The molecule has 4 heteroatoms. The van der Waals surface area contributed by atoms with E-state index in [0.717, 1.165) is 25.0 Å². The predicted octanol–water partition coefficient (Wildman–Crippen LogP) is -0.421. The van der Waals surface area contributed by atoms with Crippen molar-refractivity contribution < 1.29 is 0 Å². The van der Waals surface area contributed by atoms with Gasteiger partial charge in [-0.1, -0.05) is 0 Å². The molecule has 0 radical (unpaired) electrons. The Morgan fingerprint density at radius 2 is 1.50 bits per heavy atom. The molecule has 2 atom stereocenters. The van der Waals surface area contributed by atoms with Crippen molar-refractivity contribution in [3.63, 3.8) is 0 Å². The number of hydrogen-bond donors (Lipinski definition) is 3. The highest BCUT2D eigenvalue weighted by Crippen LogP contribution is 2.27. The molecule has 3 aliphatic rings. The SMILES string of the molecule is C1CC(C2CC(N3CCNCC3)N2)CCN1. The monoisotopic (exact) mass is 224 g/mol. The Balaban J connectivity index is 1.43. The highest BCUT2D eigenvalue weighted by Gasteiger charge is 2.37. The zero-order valence-electron chi connectivity index (χ0n) is 10.0.